The van der Waals surface area contributed by atoms with Crippen molar-refractivity contribution in [2.24, 2.45) is 0 Å². The van der Waals surface area contributed by atoms with Gasteiger partial charge in [-0.05, 0) is 44.5 Å². The van der Waals surface area contributed by atoms with Gasteiger partial charge in [0, 0.05) is 30.8 Å². The molecule has 1 fully saturated rings. The topological polar surface area (TPSA) is 58.6 Å². The second kappa shape index (κ2) is 8.11. The monoisotopic (exact) mass is 318 g/mol. The molecule has 2 rings (SSSR count). The van der Waals surface area contributed by atoms with Crippen molar-refractivity contribution < 1.29 is 14.3 Å². The largest absolute Gasteiger partial charge is 0.372 e. The van der Waals surface area contributed by atoms with Crippen LogP contribution in [0.3, 0.4) is 0 Å². The summed E-state index contributed by atoms with van der Waals surface area (Å²) in [6, 6.07) is 7.10. The Morgan fingerprint density at radius 2 is 1.78 bits per heavy atom. The van der Waals surface area contributed by atoms with Crippen LogP contribution in [0.5, 0.6) is 0 Å². The second-order valence-corrected chi connectivity index (χ2v) is 6.20. The third-order valence-electron chi connectivity index (χ3n) is 3.88. The highest BCUT2D eigenvalue weighted by Crippen LogP contribution is 2.16. The molecule has 1 aliphatic rings. The lowest BCUT2D eigenvalue weighted by atomic mass is 10.1. The Kier molecular flexibility index (Phi) is 6.16. The fourth-order valence-corrected chi connectivity index (χ4v) is 2.78. The van der Waals surface area contributed by atoms with E-state index in [-0.39, 0.29) is 24.0 Å². The van der Waals surface area contributed by atoms with Crippen molar-refractivity contribution in [1.29, 1.82) is 0 Å². The first kappa shape index (κ1) is 17.5. The van der Waals surface area contributed by atoms with Gasteiger partial charge < -0.3 is 15.0 Å². The maximum Gasteiger partial charge on any atom is 0.254 e. The molecular formula is C18H26N2O3. The molecule has 0 spiro atoms. The van der Waals surface area contributed by atoms with Crippen molar-refractivity contribution in [3.63, 3.8) is 0 Å². The lowest BCUT2D eigenvalue weighted by molar-refractivity contribution is -0.116. The number of nitrogens with zero attached hydrogens (tertiary/aromatic N) is 1. The van der Waals surface area contributed by atoms with Crippen LogP contribution in [0.25, 0.3) is 0 Å². The summed E-state index contributed by atoms with van der Waals surface area (Å²) in [6.07, 6.45) is 2.52. The maximum atomic E-state index is 12.5. The molecule has 2 amide bonds. The number of anilines is 1. The molecule has 1 heterocycles. The standard InChI is InChI=1S/C18H26N2O3/c1-4-5-6-17(21)19-16-9-7-15(8-10-16)18(22)20-11-13(2)23-14(3)12-20/h7-10,13-14H,4-6,11-12H2,1-3H3,(H,19,21)/t13-,14+. The van der Waals surface area contributed by atoms with Crippen LogP contribution in [0.2, 0.25) is 0 Å². The number of nitrogens with one attached hydrogen (secondary N) is 1. The summed E-state index contributed by atoms with van der Waals surface area (Å²) in [5.41, 5.74) is 1.37. The van der Waals surface area contributed by atoms with Gasteiger partial charge in [-0.25, -0.2) is 0 Å². The van der Waals surface area contributed by atoms with Gasteiger partial charge in [-0.2, -0.15) is 0 Å². The third kappa shape index (κ3) is 5.06. The van der Waals surface area contributed by atoms with E-state index in [2.05, 4.69) is 12.2 Å². The molecule has 1 N–H and O–H groups in total. The highest BCUT2D eigenvalue weighted by atomic mass is 16.5. The molecule has 0 radical (unpaired) electrons. The first-order valence-corrected chi connectivity index (χ1v) is 8.34. The van der Waals surface area contributed by atoms with Crippen molar-refractivity contribution >= 4 is 17.5 Å². The molecule has 1 aliphatic heterocycles. The van der Waals surface area contributed by atoms with E-state index < -0.39 is 0 Å². The molecule has 2 atom stereocenters. The number of amides is 2. The smallest absolute Gasteiger partial charge is 0.254 e. The van der Waals surface area contributed by atoms with Gasteiger partial charge >= 0.3 is 0 Å². The predicted octanol–water partition coefficient (Wildman–Crippen LogP) is 3.06. The Hall–Kier alpha value is -1.88. The van der Waals surface area contributed by atoms with Crippen LogP contribution in [-0.4, -0.2) is 42.0 Å². The van der Waals surface area contributed by atoms with Gasteiger partial charge in [0.15, 0.2) is 0 Å². The van der Waals surface area contributed by atoms with Gasteiger partial charge in [0.25, 0.3) is 5.91 Å². The van der Waals surface area contributed by atoms with Crippen LogP contribution in [0.15, 0.2) is 24.3 Å². The van der Waals surface area contributed by atoms with Crippen molar-refractivity contribution in [1.82, 2.24) is 4.90 Å². The molecule has 0 unspecified atom stereocenters. The van der Waals surface area contributed by atoms with Crippen LogP contribution in [0.4, 0.5) is 5.69 Å². The number of hydrogen-bond donors (Lipinski definition) is 1. The van der Waals surface area contributed by atoms with E-state index in [9.17, 15) is 9.59 Å². The molecule has 0 aliphatic carbocycles. The molecule has 1 aromatic rings. The molecule has 1 saturated heterocycles. The normalized spacial score (nSPS) is 21.1. The zero-order valence-corrected chi connectivity index (χ0v) is 14.2. The number of hydrogen-bond acceptors (Lipinski definition) is 3. The number of carbonyl (C=O) groups excluding carboxylic acids is 2. The molecule has 23 heavy (non-hydrogen) atoms. The van der Waals surface area contributed by atoms with Crippen molar-refractivity contribution in [2.75, 3.05) is 18.4 Å². The number of carbonyl (C=O) groups is 2. The Bertz CT molecular complexity index is 532. The zero-order chi connectivity index (χ0) is 16.8. The average Bonchev–Trinajstić information content (AvgIpc) is 2.52. The predicted molar refractivity (Wildman–Crippen MR) is 90.5 cm³/mol. The first-order chi connectivity index (χ1) is 11.0. The van der Waals surface area contributed by atoms with Crippen LogP contribution >= 0.6 is 0 Å². The summed E-state index contributed by atoms with van der Waals surface area (Å²) in [6.45, 7) is 7.23. The fraction of sp³-hybridized carbons (Fsp3) is 0.556. The van der Waals surface area contributed by atoms with Crippen LogP contribution in [0, 0.1) is 0 Å². The lowest BCUT2D eigenvalue weighted by Gasteiger charge is -2.35. The third-order valence-corrected chi connectivity index (χ3v) is 3.88. The lowest BCUT2D eigenvalue weighted by Crippen LogP contribution is -2.48. The van der Waals surface area contributed by atoms with E-state index in [1.807, 2.05) is 18.7 Å². The van der Waals surface area contributed by atoms with E-state index in [1.165, 1.54) is 0 Å². The number of rotatable bonds is 5. The SMILES string of the molecule is CCCCC(=O)Nc1ccc(C(=O)N2C[C@@H](C)O[C@@H](C)C2)cc1. The minimum absolute atomic E-state index is 0.0101. The van der Waals surface area contributed by atoms with Gasteiger partial charge in [0.05, 0.1) is 12.2 Å². The summed E-state index contributed by atoms with van der Waals surface area (Å²) in [5.74, 6) is 0.0256. The van der Waals surface area contributed by atoms with E-state index >= 15 is 0 Å². The second-order valence-electron chi connectivity index (χ2n) is 6.20. The molecule has 126 valence electrons. The Morgan fingerprint density at radius 1 is 1.17 bits per heavy atom. The number of morpholine rings is 1. The quantitative estimate of drug-likeness (QED) is 0.907. The molecule has 0 saturated carbocycles. The Balaban J connectivity index is 1.96. The van der Waals surface area contributed by atoms with Gasteiger partial charge in [-0.3, -0.25) is 9.59 Å². The number of benzene rings is 1. The summed E-state index contributed by atoms with van der Waals surface area (Å²) < 4.78 is 5.66. The fourth-order valence-electron chi connectivity index (χ4n) is 2.78. The summed E-state index contributed by atoms with van der Waals surface area (Å²) in [5, 5.41) is 2.85. The average molecular weight is 318 g/mol. The van der Waals surface area contributed by atoms with Gasteiger partial charge in [-0.15, -0.1) is 0 Å². The zero-order valence-electron chi connectivity index (χ0n) is 14.2. The van der Waals surface area contributed by atoms with Gasteiger partial charge in [0.2, 0.25) is 5.91 Å². The van der Waals surface area contributed by atoms with Crippen LogP contribution < -0.4 is 5.32 Å². The summed E-state index contributed by atoms with van der Waals surface area (Å²) in [7, 11) is 0. The molecular weight excluding hydrogens is 292 g/mol. The molecule has 0 bridgehead atoms. The van der Waals surface area contributed by atoms with E-state index in [4.69, 9.17) is 4.74 Å². The van der Waals surface area contributed by atoms with E-state index in [0.717, 1.165) is 18.5 Å². The minimum Gasteiger partial charge on any atom is -0.372 e. The molecule has 1 aromatic carbocycles. The van der Waals surface area contributed by atoms with Gasteiger partial charge in [0.1, 0.15) is 0 Å². The van der Waals surface area contributed by atoms with Crippen LogP contribution in [-0.2, 0) is 9.53 Å². The highest BCUT2D eigenvalue weighted by Gasteiger charge is 2.26. The minimum atomic E-state index is 0.0101. The maximum absolute atomic E-state index is 12.5. The molecule has 5 nitrogen and oxygen atoms in total. The number of unbranched alkanes of at least 4 members (excludes halogenated alkanes) is 1. The van der Waals surface area contributed by atoms with Gasteiger partial charge in [-0.1, -0.05) is 13.3 Å². The van der Waals surface area contributed by atoms with E-state index in [1.54, 1.807) is 24.3 Å². The van der Waals surface area contributed by atoms with Crippen molar-refractivity contribution in [2.45, 2.75) is 52.2 Å². The van der Waals surface area contributed by atoms with Crippen molar-refractivity contribution in [3.8, 4) is 0 Å². The Labute approximate surface area is 138 Å². The summed E-state index contributed by atoms with van der Waals surface area (Å²) >= 11 is 0. The Morgan fingerprint density at radius 3 is 2.35 bits per heavy atom. The van der Waals surface area contributed by atoms with Crippen LogP contribution in [0.1, 0.15) is 50.4 Å². The summed E-state index contributed by atoms with van der Waals surface area (Å²) in [4.78, 5) is 26.1. The van der Waals surface area contributed by atoms with Crippen molar-refractivity contribution in [3.05, 3.63) is 29.8 Å². The molecule has 5 heteroatoms. The van der Waals surface area contributed by atoms with E-state index in [0.29, 0.717) is 25.1 Å². The first-order valence-electron chi connectivity index (χ1n) is 8.34. The highest BCUT2D eigenvalue weighted by molar-refractivity contribution is 5.95. The molecule has 0 aromatic heterocycles. The number of ether oxygens (including phenoxy) is 1.